The largest absolute Gasteiger partial charge is 0.0779 e. The van der Waals surface area contributed by atoms with Gasteiger partial charge in [0, 0.05) is 0 Å². The maximum Gasteiger partial charge on any atom is 0.0779 e. The van der Waals surface area contributed by atoms with Gasteiger partial charge in [-0.05, 0) is 29.0 Å². The lowest BCUT2D eigenvalue weighted by molar-refractivity contribution is 0.649. The minimum absolute atomic E-state index is 0.705. The Balaban J connectivity index is 2.49. The van der Waals surface area contributed by atoms with E-state index in [0.29, 0.717) is 5.92 Å². The summed E-state index contributed by atoms with van der Waals surface area (Å²) in [5.74, 6) is 0.705. The molecule has 0 spiro atoms. The third-order valence-corrected chi connectivity index (χ3v) is 5.75. The minimum atomic E-state index is -1.27. The molecule has 0 atom stereocenters. The molecule has 0 amide bonds. The number of rotatable bonds is 4. The van der Waals surface area contributed by atoms with Crippen LogP contribution in [0.2, 0.25) is 19.6 Å². The highest BCUT2D eigenvalue weighted by Crippen LogP contribution is 2.22. The molecule has 0 nitrogen and oxygen atoms in total. The molecule has 0 aliphatic rings. The summed E-state index contributed by atoms with van der Waals surface area (Å²) >= 11 is 0. The first-order chi connectivity index (χ1) is 9.38. The van der Waals surface area contributed by atoms with Crippen LogP contribution in [0.4, 0.5) is 0 Å². The molecule has 20 heavy (non-hydrogen) atoms. The van der Waals surface area contributed by atoms with E-state index in [9.17, 15) is 0 Å². The molecule has 0 aliphatic heterocycles. The lowest BCUT2D eigenvalue weighted by Gasteiger charge is -2.23. The van der Waals surface area contributed by atoms with Crippen LogP contribution in [0.5, 0.6) is 0 Å². The van der Waals surface area contributed by atoms with Crippen molar-refractivity contribution in [2.75, 3.05) is 0 Å². The maximum absolute atomic E-state index is 2.44. The van der Waals surface area contributed by atoms with Gasteiger partial charge in [0.1, 0.15) is 0 Å². The van der Waals surface area contributed by atoms with Gasteiger partial charge in [-0.15, -0.1) is 0 Å². The normalized spacial score (nSPS) is 11.9. The van der Waals surface area contributed by atoms with Gasteiger partial charge in [0.15, 0.2) is 0 Å². The molecule has 0 fully saturated rings. The first kappa shape index (κ1) is 15.1. The Morgan fingerprint density at radius 3 is 2.05 bits per heavy atom. The average molecular weight is 283 g/mol. The summed E-state index contributed by atoms with van der Waals surface area (Å²) in [6.07, 6.45) is 1.18. The van der Waals surface area contributed by atoms with Crippen LogP contribution in [-0.4, -0.2) is 8.07 Å². The van der Waals surface area contributed by atoms with E-state index in [0.717, 1.165) is 0 Å². The summed E-state index contributed by atoms with van der Waals surface area (Å²) in [6, 6.07) is 17.8. The van der Waals surface area contributed by atoms with Crippen molar-refractivity contribution in [1.29, 1.82) is 0 Å². The van der Waals surface area contributed by atoms with E-state index >= 15 is 0 Å². The van der Waals surface area contributed by atoms with Crippen LogP contribution >= 0.6 is 0 Å². The molecule has 1 heteroatoms. The van der Waals surface area contributed by atoms with E-state index in [1.165, 1.54) is 17.5 Å². The van der Waals surface area contributed by atoms with Crippen LogP contribution in [0, 0.1) is 5.92 Å². The monoisotopic (exact) mass is 282 g/mol. The van der Waals surface area contributed by atoms with Gasteiger partial charge in [-0.2, -0.15) is 0 Å². The molecule has 2 aromatic rings. The van der Waals surface area contributed by atoms with Gasteiger partial charge >= 0.3 is 0 Å². The van der Waals surface area contributed by atoms with Crippen LogP contribution in [0.15, 0.2) is 48.5 Å². The lowest BCUT2D eigenvalue weighted by atomic mass is 9.98. The summed E-state index contributed by atoms with van der Waals surface area (Å²) in [5, 5.41) is 1.62. The fourth-order valence-electron chi connectivity index (χ4n) is 2.74. The molecule has 0 radical (unpaired) electrons. The smallest absolute Gasteiger partial charge is 0.0656 e. The molecule has 0 bridgehead atoms. The molecule has 0 aliphatic carbocycles. The summed E-state index contributed by atoms with van der Waals surface area (Å²) < 4.78 is 0. The molecular formula is C19H26Si. The van der Waals surface area contributed by atoms with Gasteiger partial charge in [-0.25, -0.2) is 0 Å². The third kappa shape index (κ3) is 3.60. The molecule has 2 rings (SSSR count). The van der Waals surface area contributed by atoms with Crippen molar-refractivity contribution < 1.29 is 0 Å². The minimum Gasteiger partial charge on any atom is -0.0656 e. The molecule has 106 valence electrons. The molecule has 0 unspecified atom stereocenters. The Kier molecular flexibility index (Phi) is 4.49. The van der Waals surface area contributed by atoms with Crippen LogP contribution in [0.3, 0.4) is 0 Å². The van der Waals surface area contributed by atoms with E-state index in [2.05, 4.69) is 82.0 Å². The van der Waals surface area contributed by atoms with Crippen LogP contribution < -0.4 is 5.19 Å². The van der Waals surface area contributed by atoms with Gasteiger partial charge in [0.2, 0.25) is 0 Å². The molecular weight excluding hydrogens is 256 g/mol. The quantitative estimate of drug-likeness (QED) is 0.685. The summed E-state index contributed by atoms with van der Waals surface area (Å²) in [6.45, 7) is 11.9. The molecule has 0 saturated heterocycles. The van der Waals surface area contributed by atoms with Gasteiger partial charge < -0.3 is 0 Å². The standard InChI is InChI=1S/C19H26Si/c1-15(2)13-18-14-17(16-9-7-6-8-10-16)11-12-19(18)20(3,4)5/h6-12,14-15H,13H2,1-5H3. The second kappa shape index (κ2) is 5.97. The van der Waals surface area contributed by atoms with E-state index in [1.807, 2.05) is 0 Å². The predicted molar refractivity (Wildman–Crippen MR) is 93.4 cm³/mol. The Hall–Kier alpha value is -1.34. The van der Waals surface area contributed by atoms with E-state index in [4.69, 9.17) is 0 Å². The molecule has 0 N–H and O–H groups in total. The van der Waals surface area contributed by atoms with Gasteiger partial charge in [-0.1, -0.05) is 87.2 Å². The number of hydrogen-bond donors (Lipinski definition) is 0. The van der Waals surface area contributed by atoms with Crippen molar-refractivity contribution in [1.82, 2.24) is 0 Å². The first-order valence-electron chi connectivity index (χ1n) is 7.57. The SMILES string of the molecule is CC(C)Cc1cc(-c2ccccc2)ccc1[Si](C)(C)C. The zero-order valence-electron chi connectivity index (χ0n) is 13.4. The zero-order chi connectivity index (χ0) is 14.8. The molecule has 2 aromatic carbocycles. The topological polar surface area (TPSA) is 0 Å². The van der Waals surface area contributed by atoms with Crippen molar-refractivity contribution >= 4 is 13.3 Å². The van der Waals surface area contributed by atoms with Crippen molar-refractivity contribution in [3.05, 3.63) is 54.1 Å². The lowest BCUT2D eigenvalue weighted by Crippen LogP contribution is -2.40. The van der Waals surface area contributed by atoms with E-state index < -0.39 is 8.07 Å². The Morgan fingerprint density at radius 1 is 0.850 bits per heavy atom. The second-order valence-corrected chi connectivity index (χ2v) is 12.1. The second-order valence-electron chi connectivity index (χ2n) is 7.09. The van der Waals surface area contributed by atoms with Gasteiger partial charge in [-0.3, -0.25) is 0 Å². The van der Waals surface area contributed by atoms with Crippen LogP contribution in [0.1, 0.15) is 19.4 Å². The fraction of sp³-hybridized carbons (Fsp3) is 0.368. The molecule has 0 aromatic heterocycles. The van der Waals surface area contributed by atoms with E-state index in [1.54, 1.807) is 10.8 Å². The van der Waals surface area contributed by atoms with Crippen LogP contribution in [0.25, 0.3) is 11.1 Å². The molecule has 0 saturated carbocycles. The Morgan fingerprint density at radius 2 is 1.50 bits per heavy atom. The Bertz CT molecular complexity index is 562. The highest BCUT2D eigenvalue weighted by atomic mass is 28.3. The van der Waals surface area contributed by atoms with Gasteiger partial charge in [0.05, 0.1) is 8.07 Å². The van der Waals surface area contributed by atoms with Crippen molar-refractivity contribution in [2.45, 2.75) is 39.9 Å². The average Bonchev–Trinajstić information content (AvgIpc) is 2.37. The van der Waals surface area contributed by atoms with Crippen molar-refractivity contribution in [2.24, 2.45) is 5.92 Å². The summed E-state index contributed by atoms with van der Waals surface area (Å²) in [5.41, 5.74) is 4.23. The van der Waals surface area contributed by atoms with Crippen molar-refractivity contribution in [3.8, 4) is 11.1 Å². The predicted octanol–water partition coefficient (Wildman–Crippen LogP) is 5.10. The fourth-order valence-corrected chi connectivity index (χ4v) is 4.47. The maximum atomic E-state index is 2.44. The summed E-state index contributed by atoms with van der Waals surface area (Å²) in [4.78, 5) is 0. The number of benzene rings is 2. The van der Waals surface area contributed by atoms with E-state index in [-0.39, 0.29) is 0 Å². The van der Waals surface area contributed by atoms with Gasteiger partial charge in [0.25, 0.3) is 0 Å². The van der Waals surface area contributed by atoms with Crippen LogP contribution in [-0.2, 0) is 6.42 Å². The summed E-state index contributed by atoms with van der Waals surface area (Å²) in [7, 11) is -1.27. The zero-order valence-corrected chi connectivity index (χ0v) is 14.4. The highest BCUT2D eigenvalue weighted by molar-refractivity contribution is 6.89. The molecule has 0 heterocycles. The number of hydrogen-bond acceptors (Lipinski definition) is 0. The third-order valence-electron chi connectivity index (χ3n) is 3.65. The van der Waals surface area contributed by atoms with Crippen molar-refractivity contribution in [3.63, 3.8) is 0 Å². The highest BCUT2D eigenvalue weighted by Gasteiger charge is 2.20. The first-order valence-corrected chi connectivity index (χ1v) is 11.1. The Labute approximate surface area is 124 Å².